The van der Waals surface area contributed by atoms with Crippen LogP contribution < -0.4 is 10.5 Å². The number of nitrogens with two attached hydrogens (primary N) is 1. The number of hydrogen-bond acceptors (Lipinski definition) is 4. The number of ether oxygens (including phenoxy) is 1. The third-order valence-electron chi connectivity index (χ3n) is 7.68. The van der Waals surface area contributed by atoms with Gasteiger partial charge in [0.25, 0.3) is 0 Å². The van der Waals surface area contributed by atoms with Gasteiger partial charge >= 0.3 is 5.97 Å². The first-order valence-corrected chi connectivity index (χ1v) is 15.0. The lowest BCUT2D eigenvalue weighted by molar-refractivity contribution is 0.0684. The normalized spacial score (nSPS) is 11.5. The zero-order valence-electron chi connectivity index (χ0n) is 23.3. The van der Waals surface area contributed by atoms with Crippen LogP contribution in [-0.4, -0.2) is 38.6 Å². The van der Waals surface area contributed by atoms with Crippen molar-refractivity contribution in [2.75, 3.05) is 13.2 Å². The molecule has 0 saturated heterocycles. The average Bonchev–Trinajstić information content (AvgIpc) is 3.44. The van der Waals surface area contributed by atoms with E-state index in [2.05, 4.69) is 21.0 Å². The topological polar surface area (TPSA) is 95.3 Å². The number of aromatic nitrogens is 3. The molecule has 0 atom stereocenters. The molecule has 3 N–H and O–H groups in total. The SMILES string of the molecule is Cc1c(-c2c(F)ccc3c(CCCOc4cccc5ccccc45)c(C(=O)O)n(CCCCN)c23)c(CBr)nn1C. The van der Waals surface area contributed by atoms with Gasteiger partial charge in [-0.05, 0) is 68.3 Å². The third-order valence-corrected chi connectivity index (χ3v) is 8.21. The molecule has 0 saturated carbocycles. The molecule has 41 heavy (non-hydrogen) atoms. The summed E-state index contributed by atoms with van der Waals surface area (Å²) in [7, 11) is 1.83. The molecule has 7 nitrogen and oxygen atoms in total. The van der Waals surface area contributed by atoms with Crippen molar-refractivity contribution in [3.8, 4) is 16.9 Å². The molecule has 0 unspecified atom stereocenters. The number of aromatic carboxylic acids is 1. The van der Waals surface area contributed by atoms with Gasteiger partial charge in [-0.1, -0.05) is 52.3 Å². The Morgan fingerprint density at radius 1 is 1.05 bits per heavy atom. The van der Waals surface area contributed by atoms with Crippen molar-refractivity contribution in [3.05, 3.63) is 83.1 Å². The van der Waals surface area contributed by atoms with Crippen molar-refractivity contribution >= 4 is 43.6 Å². The Hall–Kier alpha value is -3.69. The van der Waals surface area contributed by atoms with Crippen LogP contribution in [-0.2, 0) is 25.3 Å². The van der Waals surface area contributed by atoms with Gasteiger partial charge in [0, 0.05) is 46.5 Å². The fourth-order valence-corrected chi connectivity index (χ4v) is 6.11. The lowest BCUT2D eigenvalue weighted by Crippen LogP contribution is -2.13. The Bertz CT molecular complexity index is 1720. The van der Waals surface area contributed by atoms with Gasteiger partial charge in [0.1, 0.15) is 17.3 Å². The second-order valence-electron chi connectivity index (χ2n) is 10.2. The molecular weight excluding hydrogens is 587 g/mol. The lowest BCUT2D eigenvalue weighted by atomic mass is 9.98. The zero-order valence-corrected chi connectivity index (χ0v) is 24.9. The number of benzene rings is 3. The summed E-state index contributed by atoms with van der Waals surface area (Å²) in [6.45, 7) is 3.23. The van der Waals surface area contributed by atoms with Crippen molar-refractivity contribution in [2.24, 2.45) is 12.8 Å². The van der Waals surface area contributed by atoms with E-state index in [1.165, 1.54) is 6.07 Å². The molecule has 214 valence electrons. The van der Waals surface area contributed by atoms with E-state index in [1.807, 2.05) is 56.4 Å². The van der Waals surface area contributed by atoms with E-state index in [0.717, 1.165) is 34.0 Å². The van der Waals surface area contributed by atoms with Crippen molar-refractivity contribution < 1.29 is 19.0 Å². The number of hydrogen-bond donors (Lipinski definition) is 2. The largest absolute Gasteiger partial charge is 0.493 e. The van der Waals surface area contributed by atoms with Crippen LogP contribution in [0.4, 0.5) is 4.39 Å². The molecule has 5 aromatic rings. The Morgan fingerprint density at radius 2 is 1.83 bits per heavy atom. The second kappa shape index (κ2) is 12.4. The number of alkyl halides is 1. The lowest BCUT2D eigenvalue weighted by Gasteiger charge is -2.13. The molecule has 0 radical (unpaired) electrons. The number of carbonyl (C=O) groups is 1. The number of carboxylic acids is 1. The first-order chi connectivity index (χ1) is 19.9. The van der Waals surface area contributed by atoms with Crippen molar-refractivity contribution in [3.63, 3.8) is 0 Å². The molecular formula is C32H34BrFN4O3. The minimum absolute atomic E-state index is 0.191. The number of aryl methyl sites for hydroxylation is 3. The van der Waals surface area contributed by atoms with Crippen LogP contribution in [0.3, 0.4) is 0 Å². The van der Waals surface area contributed by atoms with E-state index in [4.69, 9.17) is 10.5 Å². The highest BCUT2D eigenvalue weighted by Gasteiger charge is 2.28. The number of nitrogens with zero attached hydrogens (tertiary/aromatic N) is 3. The van der Waals surface area contributed by atoms with Gasteiger partial charge < -0.3 is 20.1 Å². The van der Waals surface area contributed by atoms with Crippen LogP contribution in [0.2, 0.25) is 0 Å². The Morgan fingerprint density at radius 3 is 2.59 bits per heavy atom. The quantitative estimate of drug-likeness (QED) is 0.116. The van der Waals surface area contributed by atoms with E-state index in [1.54, 1.807) is 15.3 Å². The van der Waals surface area contributed by atoms with Gasteiger partial charge in [-0.2, -0.15) is 5.10 Å². The molecule has 0 aliphatic rings. The number of fused-ring (bicyclic) bond motifs is 2. The highest BCUT2D eigenvalue weighted by atomic mass is 79.9. The first-order valence-electron chi connectivity index (χ1n) is 13.8. The Kier molecular flexibility index (Phi) is 8.75. The molecule has 0 fully saturated rings. The van der Waals surface area contributed by atoms with Gasteiger partial charge in [-0.3, -0.25) is 4.68 Å². The number of carboxylic acid groups (broad SMARTS) is 1. The molecule has 0 amide bonds. The molecule has 0 bridgehead atoms. The smallest absolute Gasteiger partial charge is 0.352 e. The van der Waals surface area contributed by atoms with E-state index in [9.17, 15) is 9.90 Å². The van der Waals surface area contributed by atoms with Gasteiger partial charge in [0.2, 0.25) is 0 Å². The van der Waals surface area contributed by atoms with Crippen LogP contribution in [0.5, 0.6) is 5.75 Å². The molecule has 2 aromatic heterocycles. The molecule has 0 aliphatic carbocycles. The summed E-state index contributed by atoms with van der Waals surface area (Å²) in [6.07, 6.45) is 2.47. The van der Waals surface area contributed by atoms with Crippen molar-refractivity contribution in [1.82, 2.24) is 14.3 Å². The maximum atomic E-state index is 15.8. The molecule has 2 heterocycles. The van der Waals surface area contributed by atoms with Crippen LogP contribution in [0, 0.1) is 12.7 Å². The maximum Gasteiger partial charge on any atom is 0.352 e. The minimum Gasteiger partial charge on any atom is -0.493 e. The highest BCUT2D eigenvalue weighted by Crippen LogP contribution is 2.40. The minimum atomic E-state index is -1.03. The Balaban J connectivity index is 1.58. The van der Waals surface area contributed by atoms with Gasteiger partial charge in [0.05, 0.1) is 17.8 Å². The van der Waals surface area contributed by atoms with Gasteiger partial charge in [-0.15, -0.1) is 0 Å². The summed E-state index contributed by atoms with van der Waals surface area (Å²) in [5.74, 6) is -0.644. The number of rotatable bonds is 12. The summed E-state index contributed by atoms with van der Waals surface area (Å²) in [6, 6.07) is 17.1. The number of halogens is 2. The molecule has 3 aromatic carbocycles. The predicted octanol–water partition coefficient (Wildman–Crippen LogP) is 6.99. The molecule has 0 aliphatic heterocycles. The molecule has 0 spiro atoms. The number of unbranched alkanes of at least 4 members (excludes halogenated alkanes) is 1. The van der Waals surface area contributed by atoms with Crippen molar-refractivity contribution in [2.45, 2.75) is 44.5 Å². The first kappa shape index (κ1) is 28.8. The average molecular weight is 622 g/mol. The summed E-state index contributed by atoms with van der Waals surface area (Å²) in [5.41, 5.74) is 9.81. The highest BCUT2D eigenvalue weighted by molar-refractivity contribution is 9.08. The maximum absolute atomic E-state index is 15.8. The van der Waals surface area contributed by atoms with Crippen LogP contribution in [0.25, 0.3) is 32.8 Å². The summed E-state index contributed by atoms with van der Waals surface area (Å²) in [4.78, 5) is 12.8. The van der Waals surface area contributed by atoms with Crippen LogP contribution in [0.15, 0.2) is 54.6 Å². The fourth-order valence-electron chi connectivity index (χ4n) is 5.71. The summed E-state index contributed by atoms with van der Waals surface area (Å²) < 4.78 is 25.5. The molecule has 5 rings (SSSR count). The van der Waals surface area contributed by atoms with E-state index in [-0.39, 0.29) is 5.69 Å². The van der Waals surface area contributed by atoms with Gasteiger partial charge in [-0.25, -0.2) is 9.18 Å². The monoisotopic (exact) mass is 620 g/mol. The van der Waals surface area contributed by atoms with Crippen LogP contribution in [0.1, 0.15) is 46.7 Å². The Labute approximate surface area is 246 Å². The zero-order chi connectivity index (χ0) is 29.1. The van der Waals surface area contributed by atoms with E-state index < -0.39 is 11.8 Å². The second-order valence-corrected chi connectivity index (χ2v) is 10.8. The summed E-state index contributed by atoms with van der Waals surface area (Å²) in [5, 5.41) is 18.3. The van der Waals surface area contributed by atoms with Crippen LogP contribution >= 0.6 is 15.9 Å². The van der Waals surface area contributed by atoms with Gasteiger partial charge in [0.15, 0.2) is 0 Å². The van der Waals surface area contributed by atoms with E-state index >= 15 is 4.39 Å². The van der Waals surface area contributed by atoms with Crippen molar-refractivity contribution in [1.29, 1.82) is 0 Å². The van der Waals surface area contributed by atoms with E-state index in [0.29, 0.717) is 72.2 Å². The predicted molar refractivity (Wildman–Crippen MR) is 164 cm³/mol. The third kappa shape index (κ3) is 5.48. The molecule has 9 heteroatoms. The standard InChI is InChI=1S/C32H34BrFN4O3/c1-20-28(26(19-33)36-37(20)2)29-25(34)15-14-24-23(31(32(39)40)38(30(24)29)17-6-5-16-35)12-8-18-41-27-13-7-10-21-9-3-4-11-22(21)27/h3-4,7,9-11,13-15H,5-6,8,12,16-19,35H2,1-2H3,(H,39,40). The summed E-state index contributed by atoms with van der Waals surface area (Å²) >= 11 is 3.50. The fraction of sp³-hybridized carbons (Fsp3) is 0.312.